The first-order valence-electron chi connectivity index (χ1n) is 8.83. The van der Waals surface area contributed by atoms with Crippen LogP contribution in [0.1, 0.15) is 35.2 Å². The first-order valence-corrected chi connectivity index (χ1v) is 8.83. The van der Waals surface area contributed by atoms with Gasteiger partial charge in [-0.25, -0.2) is 9.78 Å². The van der Waals surface area contributed by atoms with Gasteiger partial charge in [-0.15, -0.1) is 0 Å². The molecular formula is C19H25N3O3. The Labute approximate surface area is 147 Å². The summed E-state index contributed by atoms with van der Waals surface area (Å²) in [5.41, 5.74) is 1.60. The van der Waals surface area contributed by atoms with Crippen molar-refractivity contribution in [1.82, 2.24) is 9.88 Å². The third-order valence-corrected chi connectivity index (χ3v) is 4.79. The van der Waals surface area contributed by atoms with Crippen molar-refractivity contribution in [3.05, 3.63) is 35.4 Å². The first kappa shape index (κ1) is 17.6. The maximum atomic E-state index is 11.7. The van der Waals surface area contributed by atoms with E-state index in [-0.39, 0.29) is 12.1 Å². The summed E-state index contributed by atoms with van der Waals surface area (Å²) in [5, 5.41) is 23.8. The van der Waals surface area contributed by atoms with Crippen LogP contribution < -0.4 is 5.32 Å². The molecule has 6 nitrogen and oxygen atoms in total. The summed E-state index contributed by atoms with van der Waals surface area (Å²) in [6.45, 7) is 4.71. The van der Waals surface area contributed by atoms with Gasteiger partial charge >= 0.3 is 5.97 Å². The number of nitrogens with one attached hydrogen (secondary N) is 1. The number of likely N-dealkylation sites (tertiary alicyclic amines) is 1. The number of β-amino-alcohol motifs (C(OH)–C–C–N with tert-alkyl or cyclic N) is 1. The molecule has 1 fully saturated rings. The molecule has 1 aromatic carbocycles. The van der Waals surface area contributed by atoms with Crippen molar-refractivity contribution < 1.29 is 15.0 Å². The van der Waals surface area contributed by atoms with Crippen LogP contribution in [0.3, 0.4) is 0 Å². The summed E-state index contributed by atoms with van der Waals surface area (Å²) in [7, 11) is 0. The average molecular weight is 343 g/mol. The number of benzene rings is 1. The van der Waals surface area contributed by atoms with Crippen LogP contribution in [0.15, 0.2) is 24.3 Å². The van der Waals surface area contributed by atoms with Crippen molar-refractivity contribution >= 4 is 22.7 Å². The highest BCUT2D eigenvalue weighted by atomic mass is 16.4. The molecule has 3 rings (SSSR count). The molecule has 0 radical (unpaired) electrons. The zero-order valence-electron chi connectivity index (χ0n) is 14.5. The molecule has 134 valence electrons. The van der Waals surface area contributed by atoms with E-state index in [0.717, 1.165) is 24.0 Å². The summed E-state index contributed by atoms with van der Waals surface area (Å²) in [6, 6.07) is 7.49. The van der Waals surface area contributed by atoms with E-state index < -0.39 is 12.1 Å². The summed E-state index contributed by atoms with van der Waals surface area (Å²) >= 11 is 0. The van der Waals surface area contributed by atoms with Gasteiger partial charge in [-0.3, -0.25) is 0 Å². The van der Waals surface area contributed by atoms with Crippen LogP contribution in [0.5, 0.6) is 0 Å². The fourth-order valence-corrected chi connectivity index (χ4v) is 3.49. The molecule has 0 amide bonds. The molecule has 1 aliphatic rings. The van der Waals surface area contributed by atoms with Gasteiger partial charge in [0.25, 0.3) is 0 Å². The number of carboxylic acids is 1. The molecule has 1 aromatic heterocycles. The Morgan fingerprint density at radius 1 is 1.28 bits per heavy atom. The molecule has 0 spiro atoms. The third-order valence-electron chi connectivity index (χ3n) is 4.79. The number of aliphatic hydroxyl groups excluding tert-OH is 1. The van der Waals surface area contributed by atoms with E-state index in [9.17, 15) is 15.0 Å². The van der Waals surface area contributed by atoms with Gasteiger partial charge in [0.05, 0.1) is 11.6 Å². The molecule has 0 saturated carbocycles. The Morgan fingerprint density at radius 3 is 2.72 bits per heavy atom. The number of hydrogen-bond acceptors (Lipinski definition) is 5. The van der Waals surface area contributed by atoms with Crippen molar-refractivity contribution in [2.24, 2.45) is 0 Å². The van der Waals surface area contributed by atoms with Gasteiger partial charge in [0, 0.05) is 18.5 Å². The Hall–Kier alpha value is -2.18. The molecule has 1 saturated heterocycles. The maximum Gasteiger partial charge on any atom is 0.339 e. The number of pyridine rings is 1. The average Bonchev–Trinajstić information content (AvgIpc) is 2.60. The van der Waals surface area contributed by atoms with E-state index in [1.165, 1.54) is 19.3 Å². The quantitative estimate of drug-likeness (QED) is 0.747. The van der Waals surface area contributed by atoms with Crippen LogP contribution in [-0.4, -0.2) is 58.3 Å². The smallest absolute Gasteiger partial charge is 0.339 e. The van der Waals surface area contributed by atoms with E-state index in [0.29, 0.717) is 17.9 Å². The number of hydrogen-bond donors (Lipinski definition) is 3. The number of carbonyl (C=O) groups is 1. The molecule has 25 heavy (non-hydrogen) atoms. The predicted octanol–water partition coefficient (Wildman–Crippen LogP) is 2.50. The molecule has 0 bridgehead atoms. The summed E-state index contributed by atoms with van der Waals surface area (Å²) < 4.78 is 0. The fourth-order valence-electron chi connectivity index (χ4n) is 3.49. The highest BCUT2D eigenvalue weighted by molar-refractivity contribution is 6.01. The van der Waals surface area contributed by atoms with Crippen LogP contribution in [-0.2, 0) is 0 Å². The lowest BCUT2D eigenvalue weighted by Gasteiger charge is -2.28. The first-order chi connectivity index (χ1) is 12.1. The van der Waals surface area contributed by atoms with Gasteiger partial charge in [0.2, 0.25) is 0 Å². The number of fused-ring (bicyclic) bond motifs is 1. The minimum atomic E-state index is -1.01. The number of anilines is 1. The number of nitrogens with zero attached hydrogens (tertiary/aromatic N) is 2. The standard InChI is InChI=1S/C19H25N3O3/c1-13-15-7-3-4-8-16(15)21-18(17(13)19(24)25)20-11-14(23)12-22-9-5-2-6-10-22/h3-4,7-8,14,23H,2,5-6,9-12H2,1H3,(H,20,21)(H,24,25). The third kappa shape index (κ3) is 4.08. The van der Waals surface area contributed by atoms with Crippen LogP contribution in [0.4, 0.5) is 5.82 Å². The number of aliphatic hydroxyl groups is 1. The monoisotopic (exact) mass is 343 g/mol. The van der Waals surface area contributed by atoms with Gasteiger partial charge in [-0.1, -0.05) is 24.6 Å². The number of piperidine rings is 1. The maximum absolute atomic E-state index is 11.7. The predicted molar refractivity (Wildman–Crippen MR) is 98.2 cm³/mol. The van der Waals surface area contributed by atoms with Crippen molar-refractivity contribution in [3.8, 4) is 0 Å². The van der Waals surface area contributed by atoms with Crippen molar-refractivity contribution in [3.63, 3.8) is 0 Å². The van der Waals surface area contributed by atoms with E-state index >= 15 is 0 Å². The van der Waals surface area contributed by atoms with E-state index in [2.05, 4.69) is 15.2 Å². The lowest BCUT2D eigenvalue weighted by Crippen LogP contribution is -2.39. The largest absolute Gasteiger partial charge is 0.478 e. The Balaban J connectivity index is 1.75. The van der Waals surface area contributed by atoms with Gasteiger partial charge in [-0.05, 0) is 44.5 Å². The van der Waals surface area contributed by atoms with Crippen molar-refractivity contribution in [2.45, 2.75) is 32.3 Å². The molecule has 1 aliphatic heterocycles. The van der Waals surface area contributed by atoms with E-state index in [4.69, 9.17) is 0 Å². The molecule has 2 heterocycles. The normalized spacial score (nSPS) is 16.7. The number of aryl methyl sites for hydroxylation is 1. The molecule has 1 unspecified atom stereocenters. The van der Waals surface area contributed by atoms with Gasteiger partial charge < -0.3 is 20.4 Å². The van der Waals surface area contributed by atoms with Gasteiger partial charge in [-0.2, -0.15) is 0 Å². The van der Waals surface area contributed by atoms with Crippen LogP contribution in [0.2, 0.25) is 0 Å². The SMILES string of the molecule is Cc1c(C(=O)O)c(NCC(O)CN2CCCCC2)nc2ccccc12. The number of rotatable bonds is 6. The summed E-state index contributed by atoms with van der Waals surface area (Å²) in [4.78, 5) is 18.4. The Bertz CT molecular complexity index is 757. The highest BCUT2D eigenvalue weighted by Gasteiger charge is 2.19. The van der Waals surface area contributed by atoms with Crippen molar-refractivity contribution in [1.29, 1.82) is 0 Å². The van der Waals surface area contributed by atoms with Crippen LogP contribution >= 0.6 is 0 Å². The fraction of sp³-hybridized carbons (Fsp3) is 0.474. The second-order valence-corrected chi connectivity index (χ2v) is 6.68. The number of para-hydroxylation sites is 1. The summed E-state index contributed by atoms with van der Waals surface area (Å²) in [5.74, 6) is -0.690. The van der Waals surface area contributed by atoms with Gasteiger partial charge in [0.1, 0.15) is 11.4 Å². The lowest BCUT2D eigenvalue weighted by atomic mass is 10.0. The topological polar surface area (TPSA) is 85.7 Å². The second kappa shape index (κ2) is 7.80. The molecule has 1 atom stereocenters. The molecule has 2 aromatic rings. The number of aromatic carboxylic acids is 1. The molecule has 3 N–H and O–H groups in total. The molecule has 0 aliphatic carbocycles. The van der Waals surface area contributed by atoms with Crippen LogP contribution in [0.25, 0.3) is 10.9 Å². The van der Waals surface area contributed by atoms with Crippen molar-refractivity contribution in [2.75, 3.05) is 31.5 Å². The van der Waals surface area contributed by atoms with Gasteiger partial charge in [0.15, 0.2) is 0 Å². The zero-order chi connectivity index (χ0) is 17.8. The minimum Gasteiger partial charge on any atom is -0.478 e. The summed E-state index contributed by atoms with van der Waals surface area (Å²) in [6.07, 6.45) is 3.05. The van der Waals surface area contributed by atoms with E-state index in [1.54, 1.807) is 6.92 Å². The zero-order valence-corrected chi connectivity index (χ0v) is 14.5. The Morgan fingerprint density at radius 2 is 2.00 bits per heavy atom. The number of carboxylic acid groups (broad SMARTS) is 1. The second-order valence-electron chi connectivity index (χ2n) is 6.68. The minimum absolute atomic E-state index is 0.170. The van der Waals surface area contributed by atoms with Crippen LogP contribution in [0, 0.1) is 6.92 Å². The lowest BCUT2D eigenvalue weighted by molar-refractivity contribution is 0.0696. The van der Waals surface area contributed by atoms with E-state index in [1.807, 2.05) is 24.3 Å². The molecule has 6 heteroatoms. The number of aromatic nitrogens is 1. The molecular weight excluding hydrogens is 318 g/mol. The Kier molecular flexibility index (Phi) is 5.50. The highest BCUT2D eigenvalue weighted by Crippen LogP contribution is 2.26.